The molecule has 0 saturated carbocycles. The number of aromatic amines is 1. The van der Waals surface area contributed by atoms with Gasteiger partial charge in [0.25, 0.3) is 5.56 Å². The Morgan fingerprint density at radius 2 is 1.97 bits per heavy atom. The molecule has 4 heterocycles. The molecule has 2 aliphatic rings. The first-order valence-electron chi connectivity index (χ1n) is 12.2. The number of H-pyrrole nitrogens is 1. The Morgan fingerprint density at radius 3 is 2.86 bits per heavy atom. The maximum absolute atomic E-state index is 13.1. The van der Waals surface area contributed by atoms with Crippen LogP contribution in [0.1, 0.15) is 24.3 Å². The van der Waals surface area contributed by atoms with Crippen LogP contribution in [0.5, 0.6) is 11.5 Å². The molecule has 0 aliphatic carbocycles. The van der Waals surface area contributed by atoms with E-state index in [1.165, 1.54) is 10.1 Å². The third kappa shape index (κ3) is 3.78. The summed E-state index contributed by atoms with van der Waals surface area (Å²) < 4.78 is 13.0. The molecular formula is C27H28N4O4. The van der Waals surface area contributed by atoms with Gasteiger partial charge in [0.2, 0.25) is 0 Å². The van der Waals surface area contributed by atoms with Gasteiger partial charge in [-0.25, -0.2) is 4.79 Å². The van der Waals surface area contributed by atoms with E-state index in [0.717, 1.165) is 61.4 Å². The molecule has 2 aliphatic heterocycles. The van der Waals surface area contributed by atoms with E-state index in [2.05, 4.69) is 14.9 Å². The Hall–Kier alpha value is -3.65. The highest BCUT2D eigenvalue weighted by Crippen LogP contribution is 2.46. The summed E-state index contributed by atoms with van der Waals surface area (Å²) in [5.41, 5.74) is 1.16. The number of aromatic nitrogens is 3. The van der Waals surface area contributed by atoms with Crippen LogP contribution in [-0.2, 0) is 6.54 Å². The fourth-order valence-electron chi connectivity index (χ4n) is 5.73. The van der Waals surface area contributed by atoms with Crippen LogP contribution in [-0.4, -0.2) is 52.8 Å². The van der Waals surface area contributed by atoms with Gasteiger partial charge in [0, 0.05) is 60.2 Å². The van der Waals surface area contributed by atoms with Crippen LogP contribution >= 0.6 is 0 Å². The van der Waals surface area contributed by atoms with Crippen molar-refractivity contribution in [1.29, 1.82) is 0 Å². The lowest BCUT2D eigenvalue weighted by molar-refractivity contribution is 0.209. The summed E-state index contributed by atoms with van der Waals surface area (Å²) >= 11 is 0. The second-order valence-electron chi connectivity index (χ2n) is 9.49. The number of ether oxygens (including phenoxy) is 2. The van der Waals surface area contributed by atoms with Crippen molar-refractivity contribution in [2.45, 2.75) is 25.3 Å². The number of nitrogens with one attached hydrogen (secondary N) is 1. The van der Waals surface area contributed by atoms with Gasteiger partial charge in [-0.2, -0.15) is 0 Å². The van der Waals surface area contributed by atoms with Crippen LogP contribution < -0.4 is 20.7 Å². The van der Waals surface area contributed by atoms with E-state index in [0.29, 0.717) is 29.3 Å². The fraction of sp³-hybridized carbons (Fsp3) is 0.370. The van der Waals surface area contributed by atoms with Crippen LogP contribution in [0.2, 0.25) is 0 Å². The molecule has 8 nitrogen and oxygen atoms in total. The predicted molar refractivity (Wildman–Crippen MR) is 135 cm³/mol. The van der Waals surface area contributed by atoms with Gasteiger partial charge in [0.1, 0.15) is 11.5 Å². The Balaban J connectivity index is 1.13. The lowest BCUT2D eigenvalue weighted by Gasteiger charge is -2.29. The molecule has 180 valence electrons. The molecule has 0 unspecified atom stereocenters. The molecule has 1 fully saturated rings. The molecule has 6 rings (SSSR count). The average Bonchev–Trinajstić information content (AvgIpc) is 3.31. The predicted octanol–water partition coefficient (Wildman–Crippen LogP) is 3.13. The minimum Gasteiger partial charge on any atom is -0.496 e. The average molecular weight is 473 g/mol. The van der Waals surface area contributed by atoms with E-state index in [4.69, 9.17) is 9.47 Å². The molecule has 0 radical (unpaired) electrons. The van der Waals surface area contributed by atoms with Gasteiger partial charge in [-0.1, -0.05) is 12.1 Å². The standard InChI is InChI=1S/C27H28N4O4/c1-34-22-5-4-6-23-24(22)21-15-30(14-18(21)16-35-23)11-2-3-12-31-26(32)20-8-7-17-13-28-10-9-19(17)25(20)29-27(31)33/h4-10,13,18,21H,2-3,11-12,14-16H2,1H3,(H,29,33)/t18-,21+/m0/s1. The van der Waals surface area contributed by atoms with Gasteiger partial charge in [0.05, 0.1) is 24.6 Å². The maximum Gasteiger partial charge on any atom is 0.328 e. The van der Waals surface area contributed by atoms with Gasteiger partial charge in [-0.3, -0.25) is 14.3 Å². The fourth-order valence-corrected chi connectivity index (χ4v) is 5.73. The minimum atomic E-state index is -0.361. The van der Waals surface area contributed by atoms with Crippen molar-refractivity contribution in [3.05, 3.63) is 75.2 Å². The largest absolute Gasteiger partial charge is 0.496 e. The van der Waals surface area contributed by atoms with Crippen molar-refractivity contribution >= 4 is 21.7 Å². The lowest BCUT2D eigenvalue weighted by atomic mass is 9.86. The molecular weight excluding hydrogens is 444 g/mol. The van der Waals surface area contributed by atoms with Gasteiger partial charge >= 0.3 is 5.69 Å². The number of nitrogens with zero attached hydrogens (tertiary/aromatic N) is 3. The van der Waals surface area contributed by atoms with Crippen molar-refractivity contribution in [2.24, 2.45) is 5.92 Å². The SMILES string of the molecule is COc1cccc2c1[C@@H]1CN(CCCCn3c(=O)[nH]c4c(ccc5cnccc54)c3=O)C[C@H]1CO2. The first kappa shape index (κ1) is 21.9. The van der Waals surface area contributed by atoms with E-state index in [9.17, 15) is 9.59 Å². The van der Waals surface area contributed by atoms with E-state index >= 15 is 0 Å². The minimum absolute atomic E-state index is 0.240. The van der Waals surface area contributed by atoms with Crippen molar-refractivity contribution in [1.82, 2.24) is 19.4 Å². The molecule has 8 heteroatoms. The summed E-state index contributed by atoms with van der Waals surface area (Å²) in [5, 5.41) is 2.25. The monoisotopic (exact) mass is 472 g/mol. The first-order valence-corrected chi connectivity index (χ1v) is 12.2. The van der Waals surface area contributed by atoms with Crippen LogP contribution in [0, 0.1) is 5.92 Å². The first-order chi connectivity index (χ1) is 17.1. The molecule has 1 saturated heterocycles. The Morgan fingerprint density at radius 1 is 1.09 bits per heavy atom. The number of hydrogen-bond donors (Lipinski definition) is 1. The zero-order valence-electron chi connectivity index (χ0n) is 19.7. The summed E-state index contributed by atoms with van der Waals surface area (Å²) in [5.74, 6) is 2.70. The van der Waals surface area contributed by atoms with E-state index < -0.39 is 0 Å². The molecule has 35 heavy (non-hydrogen) atoms. The molecule has 2 atom stereocenters. The van der Waals surface area contributed by atoms with Crippen LogP contribution in [0.3, 0.4) is 0 Å². The third-order valence-corrected chi connectivity index (χ3v) is 7.47. The lowest BCUT2D eigenvalue weighted by Crippen LogP contribution is -2.35. The third-order valence-electron chi connectivity index (χ3n) is 7.47. The van der Waals surface area contributed by atoms with Crippen molar-refractivity contribution in [3.8, 4) is 11.5 Å². The number of fused-ring (bicyclic) bond motifs is 6. The summed E-state index contributed by atoms with van der Waals surface area (Å²) in [6.07, 6.45) is 5.06. The van der Waals surface area contributed by atoms with Gasteiger partial charge in [0.15, 0.2) is 0 Å². The number of rotatable bonds is 6. The quantitative estimate of drug-likeness (QED) is 0.343. The van der Waals surface area contributed by atoms with Gasteiger partial charge < -0.3 is 19.4 Å². The Bertz CT molecular complexity index is 1510. The van der Waals surface area contributed by atoms with Crippen molar-refractivity contribution < 1.29 is 9.47 Å². The molecule has 0 amide bonds. The molecule has 1 N–H and O–H groups in total. The van der Waals surface area contributed by atoms with Crippen molar-refractivity contribution in [2.75, 3.05) is 33.4 Å². The summed E-state index contributed by atoms with van der Waals surface area (Å²) in [6, 6.07) is 11.5. The highest BCUT2D eigenvalue weighted by Gasteiger charge is 2.40. The van der Waals surface area contributed by atoms with Crippen LogP contribution in [0.25, 0.3) is 21.7 Å². The smallest absolute Gasteiger partial charge is 0.328 e. The Kier molecular flexibility index (Phi) is 5.53. The number of unbranched alkanes of at least 4 members (excludes halogenated alkanes) is 1. The highest BCUT2D eigenvalue weighted by atomic mass is 16.5. The van der Waals surface area contributed by atoms with Crippen LogP contribution in [0.4, 0.5) is 0 Å². The summed E-state index contributed by atoms with van der Waals surface area (Å²) in [4.78, 5) is 35.3. The van der Waals surface area contributed by atoms with Gasteiger partial charge in [-0.05, 0) is 43.7 Å². The van der Waals surface area contributed by atoms with Crippen LogP contribution in [0.15, 0.2) is 58.4 Å². The number of likely N-dealkylation sites (tertiary alicyclic amines) is 1. The van der Waals surface area contributed by atoms with Gasteiger partial charge in [-0.15, -0.1) is 0 Å². The maximum atomic E-state index is 13.1. The second kappa shape index (κ2) is 8.85. The van der Waals surface area contributed by atoms with E-state index in [1.807, 2.05) is 30.3 Å². The topological polar surface area (TPSA) is 89.5 Å². The molecule has 2 aromatic carbocycles. The Labute approximate surface area is 202 Å². The summed E-state index contributed by atoms with van der Waals surface area (Å²) in [6.45, 7) is 4.02. The van der Waals surface area contributed by atoms with E-state index in [1.54, 1.807) is 25.6 Å². The molecule has 0 spiro atoms. The zero-order chi connectivity index (χ0) is 23.9. The second-order valence-corrected chi connectivity index (χ2v) is 9.49. The molecule has 4 aromatic rings. The zero-order valence-corrected chi connectivity index (χ0v) is 19.7. The number of hydrogen-bond acceptors (Lipinski definition) is 6. The van der Waals surface area contributed by atoms with Crippen molar-refractivity contribution in [3.63, 3.8) is 0 Å². The number of pyridine rings is 1. The number of benzene rings is 2. The highest BCUT2D eigenvalue weighted by molar-refractivity contribution is 6.04. The molecule has 0 bridgehead atoms. The normalized spacial score (nSPS) is 19.5. The number of methoxy groups -OCH3 is 1. The summed E-state index contributed by atoms with van der Waals surface area (Å²) in [7, 11) is 1.71. The molecule has 2 aromatic heterocycles. The van der Waals surface area contributed by atoms with E-state index in [-0.39, 0.29) is 11.2 Å².